The van der Waals surface area contributed by atoms with Crippen LogP contribution in [-0.2, 0) is 9.53 Å². The number of rotatable bonds is 8. The highest BCUT2D eigenvalue weighted by Crippen LogP contribution is 2.17. The van der Waals surface area contributed by atoms with E-state index in [4.69, 9.17) is 4.74 Å². The number of carbonyl (C=O) groups excluding carboxylic acids is 1. The Labute approximate surface area is 126 Å². The number of methoxy groups -OCH3 is 1. The van der Waals surface area contributed by atoms with Crippen LogP contribution in [0, 0.1) is 0 Å². The molecule has 0 aliphatic heterocycles. The number of hydrogen-bond acceptors (Lipinski definition) is 4. The van der Waals surface area contributed by atoms with Gasteiger partial charge in [-0.2, -0.15) is 0 Å². The van der Waals surface area contributed by atoms with Crippen LogP contribution in [0.15, 0.2) is 24.3 Å². The van der Waals surface area contributed by atoms with E-state index in [1.807, 2.05) is 24.3 Å². The number of amides is 1. The third-order valence-electron chi connectivity index (χ3n) is 3.16. The van der Waals surface area contributed by atoms with Crippen LogP contribution in [0.25, 0.3) is 0 Å². The first-order valence-corrected chi connectivity index (χ1v) is 7.17. The normalized spacial score (nSPS) is 12.7. The van der Waals surface area contributed by atoms with Gasteiger partial charge in [0.2, 0.25) is 5.91 Å². The van der Waals surface area contributed by atoms with Crippen LogP contribution in [0.1, 0.15) is 25.3 Å². The molecule has 5 nitrogen and oxygen atoms in total. The maximum atomic E-state index is 11.9. The maximum Gasteiger partial charge on any atom is 0.238 e. The molecule has 0 saturated carbocycles. The molecule has 21 heavy (non-hydrogen) atoms. The van der Waals surface area contributed by atoms with Crippen LogP contribution >= 0.6 is 0 Å². The smallest absolute Gasteiger partial charge is 0.238 e. The first-order valence-electron chi connectivity index (χ1n) is 7.17. The van der Waals surface area contributed by atoms with Crippen LogP contribution in [0.3, 0.4) is 0 Å². The van der Waals surface area contributed by atoms with E-state index >= 15 is 0 Å². The quantitative estimate of drug-likeness (QED) is 0.766. The lowest BCUT2D eigenvalue weighted by Crippen LogP contribution is -2.37. The summed E-state index contributed by atoms with van der Waals surface area (Å²) in [6, 6.07) is 7.86. The fourth-order valence-electron chi connectivity index (χ4n) is 2.07. The van der Waals surface area contributed by atoms with Gasteiger partial charge in [0.05, 0.1) is 19.3 Å². The molecule has 1 aromatic carbocycles. The third-order valence-corrected chi connectivity index (χ3v) is 3.16. The fourth-order valence-corrected chi connectivity index (χ4v) is 2.07. The first kappa shape index (κ1) is 17.6. The number of nitrogens with zero attached hydrogens (tertiary/aromatic N) is 1. The predicted molar refractivity (Wildman–Crippen MR) is 84.5 cm³/mol. The number of aliphatic hydroxyl groups excluding tert-OH is 1. The van der Waals surface area contributed by atoms with E-state index in [2.05, 4.69) is 19.2 Å². The highest BCUT2D eigenvalue weighted by Gasteiger charge is 2.11. The molecule has 0 heterocycles. The van der Waals surface area contributed by atoms with Crippen molar-refractivity contribution in [2.75, 3.05) is 39.2 Å². The molecule has 0 saturated heterocycles. The number of benzene rings is 1. The van der Waals surface area contributed by atoms with Crippen molar-refractivity contribution in [3.8, 4) is 0 Å². The molecule has 1 amide bonds. The van der Waals surface area contributed by atoms with Crippen molar-refractivity contribution < 1.29 is 14.6 Å². The fraction of sp³-hybridized carbons (Fsp3) is 0.562. The molecule has 0 aliphatic rings. The second-order valence-electron chi connectivity index (χ2n) is 5.63. The number of likely N-dealkylation sites (N-methyl/N-ethyl adjacent to an activating group) is 1. The molecular formula is C16H26N2O3. The van der Waals surface area contributed by atoms with E-state index in [-0.39, 0.29) is 19.1 Å². The van der Waals surface area contributed by atoms with Crippen LogP contribution < -0.4 is 5.32 Å². The second kappa shape index (κ2) is 8.77. The van der Waals surface area contributed by atoms with E-state index in [1.54, 1.807) is 11.9 Å². The summed E-state index contributed by atoms with van der Waals surface area (Å²) in [7, 11) is 3.33. The zero-order valence-corrected chi connectivity index (χ0v) is 13.3. The van der Waals surface area contributed by atoms with Crippen LogP contribution in [-0.4, -0.2) is 55.9 Å². The summed E-state index contributed by atoms with van der Waals surface area (Å²) in [6.45, 7) is 5.16. The molecule has 2 N–H and O–H groups in total. The van der Waals surface area contributed by atoms with Crippen molar-refractivity contribution >= 4 is 11.6 Å². The zero-order chi connectivity index (χ0) is 15.8. The van der Waals surface area contributed by atoms with Gasteiger partial charge >= 0.3 is 0 Å². The minimum Gasteiger partial charge on any atom is -0.389 e. The number of nitrogens with one attached hydrogen (secondary N) is 1. The van der Waals surface area contributed by atoms with E-state index in [9.17, 15) is 9.90 Å². The molecule has 1 atom stereocenters. The third kappa shape index (κ3) is 6.71. The molecular weight excluding hydrogens is 268 g/mol. The molecule has 0 aromatic heterocycles. The highest BCUT2D eigenvalue weighted by atomic mass is 16.5. The van der Waals surface area contributed by atoms with Crippen LogP contribution in [0.2, 0.25) is 0 Å². The Balaban J connectivity index is 2.42. The van der Waals surface area contributed by atoms with E-state index in [1.165, 1.54) is 12.7 Å². The standard InChI is InChI=1S/C16H26N2O3/c1-12(2)13-5-7-14(8-6-13)17-16(20)10-18(3)9-15(19)11-21-4/h5-8,12,15,19H,9-11H2,1-4H3,(H,17,20). The van der Waals surface area contributed by atoms with Gasteiger partial charge in [-0.1, -0.05) is 26.0 Å². The summed E-state index contributed by atoms with van der Waals surface area (Å²) >= 11 is 0. The van der Waals surface area contributed by atoms with Crippen molar-refractivity contribution in [1.82, 2.24) is 4.90 Å². The molecule has 0 aliphatic carbocycles. The molecule has 0 bridgehead atoms. The first-order chi connectivity index (χ1) is 9.92. The van der Waals surface area contributed by atoms with Gasteiger partial charge in [0, 0.05) is 19.3 Å². The predicted octanol–water partition coefficient (Wildman–Crippen LogP) is 1.69. The van der Waals surface area contributed by atoms with E-state index in [0.717, 1.165) is 5.69 Å². The van der Waals surface area contributed by atoms with Crippen molar-refractivity contribution in [2.24, 2.45) is 0 Å². The van der Waals surface area contributed by atoms with Crippen molar-refractivity contribution in [2.45, 2.75) is 25.9 Å². The molecule has 1 unspecified atom stereocenters. The van der Waals surface area contributed by atoms with Gasteiger partial charge in [-0.05, 0) is 30.7 Å². The Hall–Kier alpha value is -1.43. The Morgan fingerprint density at radius 2 is 1.95 bits per heavy atom. The van der Waals surface area contributed by atoms with E-state index < -0.39 is 6.10 Å². The summed E-state index contributed by atoms with van der Waals surface area (Å²) in [4.78, 5) is 13.7. The average Bonchev–Trinajstić information content (AvgIpc) is 2.38. The minimum absolute atomic E-state index is 0.0978. The van der Waals surface area contributed by atoms with Gasteiger partial charge < -0.3 is 15.2 Å². The number of ether oxygens (including phenoxy) is 1. The summed E-state index contributed by atoms with van der Waals surface area (Å²) in [5.41, 5.74) is 2.03. The molecule has 0 fully saturated rings. The van der Waals surface area contributed by atoms with Crippen LogP contribution in [0.5, 0.6) is 0 Å². The monoisotopic (exact) mass is 294 g/mol. The van der Waals surface area contributed by atoms with E-state index in [0.29, 0.717) is 12.5 Å². The van der Waals surface area contributed by atoms with Gasteiger partial charge in [0.25, 0.3) is 0 Å². The van der Waals surface area contributed by atoms with Gasteiger partial charge in [0.1, 0.15) is 0 Å². The van der Waals surface area contributed by atoms with Gasteiger partial charge in [-0.3, -0.25) is 9.69 Å². The highest BCUT2D eigenvalue weighted by molar-refractivity contribution is 5.92. The molecule has 118 valence electrons. The maximum absolute atomic E-state index is 11.9. The topological polar surface area (TPSA) is 61.8 Å². The molecule has 1 rings (SSSR count). The Morgan fingerprint density at radius 1 is 1.33 bits per heavy atom. The largest absolute Gasteiger partial charge is 0.389 e. The lowest BCUT2D eigenvalue weighted by Gasteiger charge is -2.19. The average molecular weight is 294 g/mol. The number of aliphatic hydroxyl groups is 1. The molecule has 1 aromatic rings. The van der Waals surface area contributed by atoms with Crippen molar-refractivity contribution in [3.05, 3.63) is 29.8 Å². The van der Waals surface area contributed by atoms with Gasteiger partial charge in [-0.15, -0.1) is 0 Å². The Kier molecular flexibility index (Phi) is 7.36. The molecule has 0 spiro atoms. The SMILES string of the molecule is COCC(O)CN(C)CC(=O)Nc1ccc(C(C)C)cc1. The Bertz CT molecular complexity index is 432. The Morgan fingerprint density at radius 3 is 2.48 bits per heavy atom. The summed E-state index contributed by atoms with van der Waals surface area (Å²) in [6.07, 6.45) is -0.585. The molecule has 5 heteroatoms. The summed E-state index contributed by atoms with van der Waals surface area (Å²) in [5, 5.41) is 12.5. The van der Waals surface area contributed by atoms with Gasteiger partial charge in [0.15, 0.2) is 0 Å². The number of carbonyl (C=O) groups is 1. The summed E-state index contributed by atoms with van der Waals surface area (Å²) in [5.74, 6) is 0.377. The van der Waals surface area contributed by atoms with Crippen LogP contribution in [0.4, 0.5) is 5.69 Å². The second-order valence-corrected chi connectivity index (χ2v) is 5.63. The molecule has 0 radical (unpaired) electrons. The minimum atomic E-state index is -0.585. The van der Waals surface area contributed by atoms with Gasteiger partial charge in [-0.25, -0.2) is 0 Å². The number of anilines is 1. The number of hydrogen-bond donors (Lipinski definition) is 2. The summed E-state index contributed by atoms with van der Waals surface area (Å²) < 4.78 is 4.86. The lowest BCUT2D eigenvalue weighted by molar-refractivity contribution is -0.117. The van der Waals surface area contributed by atoms with Crippen molar-refractivity contribution in [1.29, 1.82) is 0 Å². The lowest BCUT2D eigenvalue weighted by atomic mass is 10.0. The van der Waals surface area contributed by atoms with Crippen molar-refractivity contribution in [3.63, 3.8) is 0 Å². The zero-order valence-electron chi connectivity index (χ0n) is 13.3.